The van der Waals surface area contributed by atoms with Crippen LogP contribution in [-0.4, -0.2) is 11.9 Å². The molecule has 0 heterocycles. The van der Waals surface area contributed by atoms with Gasteiger partial charge in [-0.2, -0.15) is 0 Å². The number of anilines is 2. The lowest BCUT2D eigenvalue weighted by Crippen LogP contribution is -2.21. The Kier molecular flexibility index (Phi) is 6.56. The highest BCUT2D eigenvalue weighted by molar-refractivity contribution is 5.90. The molecule has 0 aliphatic heterocycles. The van der Waals surface area contributed by atoms with Crippen molar-refractivity contribution < 1.29 is 4.79 Å². The maximum atomic E-state index is 11.2. The first-order chi connectivity index (χ1) is 9.46. The summed E-state index contributed by atoms with van der Waals surface area (Å²) in [5, 5.41) is 6.46. The van der Waals surface area contributed by atoms with Gasteiger partial charge in [0.1, 0.15) is 0 Å². The van der Waals surface area contributed by atoms with Crippen LogP contribution < -0.4 is 10.6 Å². The molecule has 0 saturated heterocycles. The Balaban J connectivity index is 2.77. The molecule has 0 bridgehead atoms. The summed E-state index contributed by atoms with van der Waals surface area (Å²) in [6, 6.07) is 6.64. The fourth-order valence-electron chi connectivity index (χ4n) is 2.25. The third-order valence-corrected chi connectivity index (χ3v) is 3.80. The van der Waals surface area contributed by atoms with Gasteiger partial charge in [0.05, 0.1) is 0 Å². The summed E-state index contributed by atoms with van der Waals surface area (Å²) < 4.78 is 0. The average Bonchev–Trinajstić information content (AvgIpc) is 2.40. The lowest BCUT2D eigenvalue weighted by Gasteiger charge is -2.22. The van der Waals surface area contributed by atoms with Crippen LogP contribution in [-0.2, 0) is 4.79 Å². The number of hydrogen-bond donors (Lipinski definition) is 2. The highest BCUT2D eigenvalue weighted by Crippen LogP contribution is 2.23. The van der Waals surface area contributed by atoms with E-state index in [1.165, 1.54) is 19.8 Å². The number of hydrogen-bond acceptors (Lipinski definition) is 2. The van der Waals surface area contributed by atoms with E-state index in [0.29, 0.717) is 6.04 Å². The molecule has 0 saturated carbocycles. The molecule has 0 fully saturated rings. The summed E-state index contributed by atoms with van der Waals surface area (Å²) in [5.41, 5.74) is 3.05. The van der Waals surface area contributed by atoms with E-state index in [0.717, 1.165) is 29.3 Å². The van der Waals surface area contributed by atoms with Gasteiger partial charge in [0.2, 0.25) is 5.91 Å². The second-order valence-corrected chi connectivity index (χ2v) is 5.71. The van der Waals surface area contributed by atoms with Crippen LogP contribution in [0.4, 0.5) is 11.4 Å². The molecule has 1 aromatic carbocycles. The van der Waals surface area contributed by atoms with Crippen LogP contribution in [0.1, 0.15) is 52.5 Å². The first kappa shape index (κ1) is 16.5. The van der Waals surface area contributed by atoms with E-state index in [-0.39, 0.29) is 5.91 Å². The Hall–Kier alpha value is -1.51. The van der Waals surface area contributed by atoms with Gasteiger partial charge in [0.15, 0.2) is 0 Å². The van der Waals surface area contributed by atoms with Crippen molar-refractivity contribution in [1.82, 2.24) is 0 Å². The summed E-state index contributed by atoms with van der Waals surface area (Å²) in [7, 11) is 0. The lowest BCUT2D eigenvalue weighted by atomic mass is 9.97. The van der Waals surface area contributed by atoms with E-state index in [1.807, 2.05) is 19.1 Å². The minimum absolute atomic E-state index is 0.0307. The molecule has 2 unspecified atom stereocenters. The molecule has 2 atom stereocenters. The molecule has 1 aromatic rings. The van der Waals surface area contributed by atoms with E-state index >= 15 is 0 Å². The largest absolute Gasteiger partial charge is 0.382 e. The third kappa shape index (κ3) is 5.24. The highest BCUT2D eigenvalue weighted by atomic mass is 16.1. The van der Waals surface area contributed by atoms with Gasteiger partial charge in [-0.05, 0) is 43.4 Å². The van der Waals surface area contributed by atoms with Crippen molar-refractivity contribution in [3.63, 3.8) is 0 Å². The lowest BCUT2D eigenvalue weighted by molar-refractivity contribution is -0.114. The van der Waals surface area contributed by atoms with Gasteiger partial charge in [-0.3, -0.25) is 4.79 Å². The van der Waals surface area contributed by atoms with Crippen LogP contribution in [0.2, 0.25) is 0 Å². The number of carbonyl (C=O) groups excluding carboxylic acids is 1. The first-order valence-corrected chi connectivity index (χ1v) is 7.61. The number of rotatable bonds is 7. The third-order valence-electron chi connectivity index (χ3n) is 3.80. The van der Waals surface area contributed by atoms with Gasteiger partial charge >= 0.3 is 0 Å². The Bertz CT molecular complexity index is 443. The van der Waals surface area contributed by atoms with Crippen molar-refractivity contribution >= 4 is 17.3 Å². The van der Waals surface area contributed by atoms with Gasteiger partial charge in [-0.25, -0.2) is 0 Å². The second-order valence-electron chi connectivity index (χ2n) is 5.71. The van der Waals surface area contributed by atoms with Crippen molar-refractivity contribution in [2.75, 3.05) is 10.6 Å². The summed E-state index contributed by atoms with van der Waals surface area (Å²) in [5.74, 6) is 0.699. The Morgan fingerprint density at radius 1 is 1.25 bits per heavy atom. The van der Waals surface area contributed by atoms with Crippen LogP contribution in [0, 0.1) is 12.8 Å². The Morgan fingerprint density at radius 3 is 2.50 bits per heavy atom. The molecule has 3 nitrogen and oxygen atoms in total. The molecule has 0 aliphatic rings. The monoisotopic (exact) mass is 276 g/mol. The zero-order valence-corrected chi connectivity index (χ0v) is 13.4. The van der Waals surface area contributed by atoms with Gasteiger partial charge in [0, 0.05) is 24.3 Å². The molecule has 112 valence electrons. The maximum absolute atomic E-state index is 11.2. The summed E-state index contributed by atoms with van der Waals surface area (Å²) in [6.07, 6.45) is 3.49. The number of aryl methyl sites for hydroxylation is 1. The number of benzene rings is 1. The predicted octanol–water partition coefficient (Wildman–Crippen LogP) is 4.58. The van der Waals surface area contributed by atoms with Crippen molar-refractivity contribution in [3.05, 3.63) is 23.8 Å². The molecule has 0 aromatic heterocycles. The normalized spacial score (nSPS) is 13.7. The average molecular weight is 276 g/mol. The minimum atomic E-state index is -0.0307. The fraction of sp³-hybridized carbons (Fsp3) is 0.588. The summed E-state index contributed by atoms with van der Waals surface area (Å²) in [4.78, 5) is 11.2. The second kappa shape index (κ2) is 7.93. The number of nitrogens with one attached hydrogen (secondary N) is 2. The summed E-state index contributed by atoms with van der Waals surface area (Å²) >= 11 is 0. The van der Waals surface area contributed by atoms with Crippen molar-refractivity contribution in [1.29, 1.82) is 0 Å². The van der Waals surface area contributed by atoms with Crippen LogP contribution in [0.3, 0.4) is 0 Å². The first-order valence-electron chi connectivity index (χ1n) is 7.61. The topological polar surface area (TPSA) is 41.1 Å². The Morgan fingerprint density at radius 2 is 1.95 bits per heavy atom. The van der Waals surface area contributed by atoms with Gasteiger partial charge in [-0.15, -0.1) is 0 Å². The number of amides is 1. The van der Waals surface area contributed by atoms with E-state index in [4.69, 9.17) is 0 Å². The molecule has 20 heavy (non-hydrogen) atoms. The fourth-order valence-corrected chi connectivity index (χ4v) is 2.25. The zero-order valence-electron chi connectivity index (χ0n) is 13.4. The maximum Gasteiger partial charge on any atom is 0.221 e. The number of carbonyl (C=O) groups is 1. The van der Waals surface area contributed by atoms with Crippen molar-refractivity contribution in [2.24, 2.45) is 5.92 Å². The smallest absolute Gasteiger partial charge is 0.221 e. The van der Waals surface area contributed by atoms with Crippen LogP contribution in [0.25, 0.3) is 0 Å². The molecule has 0 radical (unpaired) electrons. The van der Waals surface area contributed by atoms with Crippen LogP contribution in [0.5, 0.6) is 0 Å². The molecule has 3 heteroatoms. The van der Waals surface area contributed by atoms with E-state index in [9.17, 15) is 4.79 Å². The quantitative estimate of drug-likeness (QED) is 0.765. The van der Waals surface area contributed by atoms with Gasteiger partial charge in [0.25, 0.3) is 0 Å². The Labute approximate surface area is 123 Å². The van der Waals surface area contributed by atoms with E-state index in [1.54, 1.807) is 0 Å². The van der Waals surface area contributed by atoms with Crippen LogP contribution >= 0.6 is 0 Å². The van der Waals surface area contributed by atoms with Crippen molar-refractivity contribution in [2.45, 2.75) is 59.9 Å². The minimum Gasteiger partial charge on any atom is -0.382 e. The molecular weight excluding hydrogens is 248 g/mol. The zero-order chi connectivity index (χ0) is 15.1. The molecular formula is C17H28N2O. The SMILES string of the molecule is CCC(C)CC(CC)Nc1ccc(C)c(NC(C)=O)c1. The van der Waals surface area contributed by atoms with E-state index < -0.39 is 0 Å². The standard InChI is InChI=1S/C17H28N2O/c1-6-12(3)10-15(7-2)19-16-9-8-13(4)17(11-16)18-14(5)20/h8-9,11-12,15,19H,6-7,10H2,1-5H3,(H,18,20). The van der Waals surface area contributed by atoms with Gasteiger partial charge < -0.3 is 10.6 Å². The molecule has 1 rings (SSSR count). The molecule has 0 spiro atoms. The predicted molar refractivity (Wildman–Crippen MR) is 87.3 cm³/mol. The molecule has 2 N–H and O–H groups in total. The highest BCUT2D eigenvalue weighted by Gasteiger charge is 2.11. The van der Waals surface area contributed by atoms with E-state index in [2.05, 4.69) is 37.5 Å². The molecule has 0 aliphatic carbocycles. The van der Waals surface area contributed by atoms with Crippen molar-refractivity contribution in [3.8, 4) is 0 Å². The van der Waals surface area contributed by atoms with Crippen LogP contribution in [0.15, 0.2) is 18.2 Å². The van der Waals surface area contributed by atoms with Gasteiger partial charge in [-0.1, -0.05) is 33.3 Å². The summed E-state index contributed by atoms with van der Waals surface area (Å²) in [6.45, 7) is 10.3. The molecule has 1 amide bonds.